The first kappa shape index (κ1) is 16.9. The lowest BCUT2D eigenvalue weighted by Gasteiger charge is -2.31. The molecule has 1 heterocycles. The Morgan fingerprint density at radius 2 is 1.82 bits per heavy atom. The Hall–Kier alpha value is -1.50. The van der Waals surface area contributed by atoms with E-state index in [0.717, 1.165) is 26.2 Å². The van der Waals surface area contributed by atoms with Crippen LogP contribution in [0.3, 0.4) is 0 Å². The zero-order valence-corrected chi connectivity index (χ0v) is 13.9. The summed E-state index contributed by atoms with van der Waals surface area (Å²) >= 11 is 6.06. The fourth-order valence-electron chi connectivity index (χ4n) is 2.36. The van der Waals surface area contributed by atoms with Gasteiger partial charge in [-0.3, -0.25) is 9.69 Å². The van der Waals surface area contributed by atoms with Gasteiger partial charge in [0.2, 0.25) is 5.91 Å². The maximum atomic E-state index is 12.2. The Balaban J connectivity index is 2.01. The predicted octanol–water partition coefficient (Wildman–Crippen LogP) is 1.54. The minimum absolute atomic E-state index is 0.0766. The topological polar surface area (TPSA) is 54.0 Å². The van der Waals surface area contributed by atoms with Gasteiger partial charge in [0.15, 0.2) is 0 Å². The van der Waals surface area contributed by atoms with Crippen LogP contribution in [0.2, 0.25) is 5.02 Å². The molecule has 22 heavy (non-hydrogen) atoms. The maximum absolute atomic E-state index is 12.2. The van der Waals surface area contributed by atoms with E-state index >= 15 is 0 Å². The fraction of sp³-hybridized carbons (Fsp3) is 0.533. The van der Waals surface area contributed by atoms with Crippen molar-refractivity contribution >= 4 is 23.2 Å². The van der Waals surface area contributed by atoms with Crippen molar-refractivity contribution < 1.29 is 14.3 Å². The summed E-state index contributed by atoms with van der Waals surface area (Å²) in [5.74, 6) is 0.933. The van der Waals surface area contributed by atoms with Gasteiger partial charge in [-0.25, -0.2) is 0 Å². The zero-order chi connectivity index (χ0) is 16.1. The summed E-state index contributed by atoms with van der Waals surface area (Å²) in [4.78, 5) is 16.6. The largest absolute Gasteiger partial charge is 0.495 e. The van der Waals surface area contributed by atoms with E-state index in [1.807, 2.05) is 0 Å². The Morgan fingerprint density at radius 3 is 2.41 bits per heavy atom. The quantitative estimate of drug-likeness (QED) is 0.889. The molecule has 2 rings (SSSR count). The number of rotatable bonds is 5. The Morgan fingerprint density at radius 1 is 1.18 bits per heavy atom. The maximum Gasteiger partial charge on any atom is 0.238 e. The summed E-state index contributed by atoms with van der Waals surface area (Å²) in [7, 11) is 5.15. The normalized spacial score (nSPS) is 16.4. The number of carbonyl (C=O) groups is 1. The van der Waals surface area contributed by atoms with Gasteiger partial charge in [-0.15, -0.1) is 0 Å². The molecule has 7 heteroatoms. The minimum atomic E-state index is -0.0766. The molecular weight excluding hydrogens is 306 g/mol. The number of halogens is 1. The average molecular weight is 328 g/mol. The third-order valence-electron chi connectivity index (χ3n) is 3.71. The second-order valence-corrected chi connectivity index (χ2v) is 5.72. The van der Waals surface area contributed by atoms with Crippen molar-refractivity contribution in [2.24, 2.45) is 0 Å². The molecule has 1 aromatic rings. The van der Waals surface area contributed by atoms with E-state index in [2.05, 4.69) is 22.2 Å². The number of hydrogen-bond donors (Lipinski definition) is 1. The van der Waals surface area contributed by atoms with Gasteiger partial charge < -0.3 is 19.7 Å². The number of hydrogen-bond acceptors (Lipinski definition) is 5. The standard InChI is InChI=1S/C15H22ClN3O3/c1-18-4-6-19(7-5-18)10-15(20)17-12-9-13(21-2)11(16)8-14(12)22-3/h8-9H,4-7,10H2,1-3H3,(H,17,20). The number of nitrogens with zero attached hydrogens (tertiary/aromatic N) is 2. The van der Waals surface area contributed by atoms with Crippen molar-refractivity contribution in [3.8, 4) is 11.5 Å². The summed E-state index contributed by atoms with van der Waals surface area (Å²) in [5.41, 5.74) is 0.558. The number of amides is 1. The van der Waals surface area contributed by atoms with E-state index in [-0.39, 0.29) is 5.91 Å². The van der Waals surface area contributed by atoms with Crippen LogP contribution in [-0.2, 0) is 4.79 Å². The van der Waals surface area contributed by atoms with Crippen LogP contribution in [0.4, 0.5) is 5.69 Å². The summed E-state index contributed by atoms with van der Waals surface area (Å²) < 4.78 is 10.4. The molecule has 0 bridgehead atoms. The molecule has 1 N–H and O–H groups in total. The number of methoxy groups -OCH3 is 2. The van der Waals surface area contributed by atoms with E-state index in [0.29, 0.717) is 28.8 Å². The number of benzene rings is 1. The number of carbonyl (C=O) groups excluding carboxylic acids is 1. The van der Waals surface area contributed by atoms with Crippen LogP contribution >= 0.6 is 11.6 Å². The van der Waals surface area contributed by atoms with Gasteiger partial charge in [-0.2, -0.15) is 0 Å². The summed E-state index contributed by atoms with van der Waals surface area (Å²) in [6.07, 6.45) is 0. The van der Waals surface area contributed by atoms with Gasteiger partial charge in [0.1, 0.15) is 11.5 Å². The molecular formula is C15H22ClN3O3. The number of piperazine rings is 1. The van der Waals surface area contributed by atoms with Crippen LogP contribution in [0.15, 0.2) is 12.1 Å². The van der Waals surface area contributed by atoms with Gasteiger partial charge in [-0.05, 0) is 7.05 Å². The molecule has 1 aliphatic heterocycles. The highest BCUT2D eigenvalue weighted by Crippen LogP contribution is 2.35. The first-order valence-electron chi connectivity index (χ1n) is 7.15. The molecule has 0 aromatic heterocycles. The van der Waals surface area contributed by atoms with E-state index in [4.69, 9.17) is 21.1 Å². The fourth-order valence-corrected chi connectivity index (χ4v) is 2.59. The highest BCUT2D eigenvalue weighted by molar-refractivity contribution is 6.32. The van der Waals surface area contributed by atoms with Crippen molar-refractivity contribution in [3.05, 3.63) is 17.2 Å². The van der Waals surface area contributed by atoms with Crippen LogP contribution in [-0.4, -0.2) is 69.7 Å². The zero-order valence-electron chi connectivity index (χ0n) is 13.2. The lowest BCUT2D eigenvalue weighted by molar-refractivity contribution is -0.117. The molecule has 1 aliphatic rings. The van der Waals surface area contributed by atoms with E-state index in [1.165, 1.54) is 14.2 Å². The smallest absolute Gasteiger partial charge is 0.238 e. The van der Waals surface area contributed by atoms with Crippen molar-refractivity contribution in [1.82, 2.24) is 9.80 Å². The van der Waals surface area contributed by atoms with E-state index in [1.54, 1.807) is 12.1 Å². The minimum Gasteiger partial charge on any atom is -0.495 e. The first-order chi connectivity index (χ1) is 10.5. The van der Waals surface area contributed by atoms with Crippen LogP contribution in [0.25, 0.3) is 0 Å². The molecule has 0 saturated carbocycles. The van der Waals surface area contributed by atoms with Crippen LogP contribution in [0.5, 0.6) is 11.5 Å². The van der Waals surface area contributed by atoms with Gasteiger partial charge in [0.25, 0.3) is 0 Å². The number of nitrogens with one attached hydrogen (secondary N) is 1. The third kappa shape index (κ3) is 4.25. The van der Waals surface area contributed by atoms with E-state index < -0.39 is 0 Å². The monoisotopic (exact) mass is 327 g/mol. The molecule has 0 radical (unpaired) electrons. The van der Waals surface area contributed by atoms with Crippen molar-refractivity contribution in [2.75, 3.05) is 59.3 Å². The highest BCUT2D eigenvalue weighted by atomic mass is 35.5. The van der Waals surface area contributed by atoms with Crippen LogP contribution in [0, 0.1) is 0 Å². The van der Waals surface area contributed by atoms with Gasteiger partial charge in [0, 0.05) is 38.3 Å². The summed E-state index contributed by atoms with van der Waals surface area (Å²) in [5, 5.41) is 3.31. The highest BCUT2D eigenvalue weighted by Gasteiger charge is 2.18. The molecule has 6 nitrogen and oxygen atoms in total. The molecule has 1 saturated heterocycles. The molecule has 0 aliphatic carbocycles. The molecule has 122 valence electrons. The summed E-state index contributed by atoms with van der Waals surface area (Å²) in [6.45, 7) is 4.11. The molecule has 1 fully saturated rings. The van der Waals surface area contributed by atoms with Crippen LogP contribution in [0.1, 0.15) is 0 Å². The summed E-state index contributed by atoms with van der Waals surface area (Å²) in [6, 6.07) is 3.30. The lowest BCUT2D eigenvalue weighted by Crippen LogP contribution is -2.47. The Bertz CT molecular complexity index is 531. The SMILES string of the molecule is COc1cc(NC(=O)CN2CCN(C)CC2)c(OC)cc1Cl. The molecule has 1 aromatic carbocycles. The first-order valence-corrected chi connectivity index (χ1v) is 7.53. The predicted molar refractivity (Wildman–Crippen MR) is 87.1 cm³/mol. The second-order valence-electron chi connectivity index (χ2n) is 5.31. The molecule has 0 spiro atoms. The van der Waals surface area contributed by atoms with Crippen LogP contribution < -0.4 is 14.8 Å². The third-order valence-corrected chi connectivity index (χ3v) is 4.01. The van der Waals surface area contributed by atoms with Gasteiger partial charge >= 0.3 is 0 Å². The van der Waals surface area contributed by atoms with Crippen molar-refractivity contribution in [1.29, 1.82) is 0 Å². The molecule has 1 amide bonds. The number of ether oxygens (including phenoxy) is 2. The Labute approximate surface area is 135 Å². The average Bonchev–Trinajstić information content (AvgIpc) is 2.50. The van der Waals surface area contributed by atoms with Crippen molar-refractivity contribution in [3.63, 3.8) is 0 Å². The van der Waals surface area contributed by atoms with E-state index in [9.17, 15) is 4.79 Å². The van der Waals surface area contributed by atoms with Crippen molar-refractivity contribution in [2.45, 2.75) is 0 Å². The van der Waals surface area contributed by atoms with Gasteiger partial charge in [0.05, 0.1) is 31.5 Å². The molecule has 0 atom stereocenters. The second kappa shape index (κ2) is 7.67. The Kier molecular flexibility index (Phi) is 5.88. The number of likely N-dealkylation sites (N-methyl/N-ethyl adjacent to an activating group) is 1. The lowest BCUT2D eigenvalue weighted by atomic mass is 10.2. The van der Waals surface area contributed by atoms with Gasteiger partial charge in [-0.1, -0.05) is 11.6 Å². The molecule has 0 unspecified atom stereocenters. The number of anilines is 1.